The van der Waals surface area contributed by atoms with E-state index in [2.05, 4.69) is 51.2 Å². The average molecular weight is 231 g/mol. The Balaban J connectivity index is 2.47. The van der Waals surface area contributed by atoms with Crippen LogP contribution in [0.5, 0.6) is 0 Å². The molecule has 1 heterocycles. The van der Waals surface area contributed by atoms with E-state index in [4.69, 9.17) is 4.42 Å². The van der Waals surface area contributed by atoms with Crippen LogP contribution >= 0.6 is 0 Å². The SMILES string of the molecule is CCNC(CC)c1cc2ccc(C)c(C)c2o1. The number of hydrogen-bond acceptors (Lipinski definition) is 2. The molecule has 0 aliphatic heterocycles. The van der Waals surface area contributed by atoms with Crippen LogP contribution in [0.2, 0.25) is 0 Å². The molecule has 2 nitrogen and oxygen atoms in total. The Hall–Kier alpha value is -1.28. The quantitative estimate of drug-likeness (QED) is 0.856. The molecular formula is C15H21NO. The molecule has 0 aliphatic rings. The Morgan fingerprint density at radius 1 is 1.24 bits per heavy atom. The fourth-order valence-corrected chi connectivity index (χ4v) is 2.22. The van der Waals surface area contributed by atoms with Crippen molar-refractivity contribution in [3.63, 3.8) is 0 Å². The molecule has 2 heteroatoms. The van der Waals surface area contributed by atoms with Crippen molar-refractivity contribution in [1.29, 1.82) is 0 Å². The first kappa shape index (κ1) is 12.2. The molecule has 92 valence electrons. The highest BCUT2D eigenvalue weighted by Gasteiger charge is 2.14. The third-order valence-corrected chi connectivity index (χ3v) is 3.43. The lowest BCUT2D eigenvalue weighted by Crippen LogP contribution is -2.19. The minimum Gasteiger partial charge on any atom is -0.459 e. The van der Waals surface area contributed by atoms with Crippen molar-refractivity contribution in [3.05, 3.63) is 35.1 Å². The van der Waals surface area contributed by atoms with E-state index in [9.17, 15) is 0 Å². The van der Waals surface area contributed by atoms with E-state index in [-0.39, 0.29) is 0 Å². The normalized spacial score (nSPS) is 13.2. The summed E-state index contributed by atoms with van der Waals surface area (Å²) in [5, 5.41) is 4.66. The molecule has 0 amide bonds. The number of furan rings is 1. The second-order valence-electron chi connectivity index (χ2n) is 4.59. The first-order valence-electron chi connectivity index (χ1n) is 6.40. The summed E-state index contributed by atoms with van der Waals surface area (Å²) in [6.07, 6.45) is 1.05. The zero-order valence-electron chi connectivity index (χ0n) is 11.1. The van der Waals surface area contributed by atoms with Gasteiger partial charge in [0.1, 0.15) is 11.3 Å². The summed E-state index contributed by atoms with van der Waals surface area (Å²) >= 11 is 0. The van der Waals surface area contributed by atoms with Gasteiger partial charge in [0.25, 0.3) is 0 Å². The van der Waals surface area contributed by atoms with Gasteiger partial charge in [-0.2, -0.15) is 0 Å². The van der Waals surface area contributed by atoms with Crippen molar-refractivity contribution in [2.24, 2.45) is 0 Å². The summed E-state index contributed by atoms with van der Waals surface area (Å²) < 4.78 is 6.02. The van der Waals surface area contributed by atoms with E-state index in [1.807, 2.05) is 0 Å². The van der Waals surface area contributed by atoms with E-state index in [0.717, 1.165) is 24.3 Å². The van der Waals surface area contributed by atoms with Crippen molar-refractivity contribution in [3.8, 4) is 0 Å². The second kappa shape index (κ2) is 4.92. The molecule has 0 aliphatic carbocycles. The number of rotatable bonds is 4. The van der Waals surface area contributed by atoms with Gasteiger partial charge in [-0.3, -0.25) is 0 Å². The monoisotopic (exact) mass is 231 g/mol. The summed E-state index contributed by atoms with van der Waals surface area (Å²) in [6.45, 7) is 9.52. The van der Waals surface area contributed by atoms with Gasteiger partial charge in [0.05, 0.1) is 6.04 Å². The molecule has 0 fully saturated rings. The fourth-order valence-electron chi connectivity index (χ4n) is 2.22. The number of hydrogen-bond donors (Lipinski definition) is 1. The van der Waals surface area contributed by atoms with Crippen LogP contribution in [0, 0.1) is 13.8 Å². The van der Waals surface area contributed by atoms with Gasteiger partial charge in [0.2, 0.25) is 0 Å². The van der Waals surface area contributed by atoms with Crippen LogP contribution in [0.4, 0.5) is 0 Å². The first-order chi connectivity index (χ1) is 8.17. The summed E-state index contributed by atoms with van der Waals surface area (Å²) in [5.74, 6) is 1.05. The molecule has 0 bridgehead atoms. The molecule has 0 spiro atoms. The van der Waals surface area contributed by atoms with Crippen molar-refractivity contribution < 1.29 is 4.42 Å². The maximum absolute atomic E-state index is 6.02. The molecular weight excluding hydrogens is 210 g/mol. The lowest BCUT2D eigenvalue weighted by molar-refractivity contribution is 0.427. The highest BCUT2D eigenvalue weighted by atomic mass is 16.3. The molecule has 1 aromatic carbocycles. The lowest BCUT2D eigenvalue weighted by Gasteiger charge is -2.12. The topological polar surface area (TPSA) is 25.2 Å². The molecule has 1 unspecified atom stereocenters. The molecule has 1 N–H and O–H groups in total. The van der Waals surface area contributed by atoms with Gasteiger partial charge in [-0.1, -0.05) is 26.0 Å². The zero-order valence-corrected chi connectivity index (χ0v) is 11.1. The van der Waals surface area contributed by atoms with Gasteiger partial charge in [-0.05, 0) is 44.0 Å². The van der Waals surface area contributed by atoms with E-state index in [1.165, 1.54) is 16.5 Å². The summed E-state index contributed by atoms with van der Waals surface area (Å²) in [7, 11) is 0. The molecule has 1 atom stereocenters. The molecule has 0 radical (unpaired) electrons. The smallest absolute Gasteiger partial charge is 0.137 e. The molecule has 0 saturated heterocycles. The number of fused-ring (bicyclic) bond motifs is 1. The van der Waals surface area contributed by atoms with E-state index in [1.54, 1.807) is 0 Å². The van der Waals surface area contributed by atoms with Gasteiger partial charge in [-0.15, -0.1) is 0 Å². The van der Waals surface area contributed by atoms with Crippen LogP contribution in [0.25, 0.3) is 11.0 Å². The van der Waals surface area contributed by atoms with Gasteiger partial charge in [0, 0.05) is 5.39 Å². The number of benzene rings is 1. The Morgan fingerprint density at radius 2 is 2.00 bits per heavy atom. The molecule has 2 aromatic rings. The first-order valence-corrected chi connectivity index (χ1v) is 6.40. The largest absolute Gasteiger partial charge is 0.459 e. The van der Waals surface area contributed by atoms with Crippen LogP contribution in [0.15, 0.2) is 22.6 Å². The maximum atomic E-state index is 6.02. The van der Waals surface area contributed by atoms with Gasteiger partial charge >= 0.3 is 0 Å². The van der Waals surface area contributed by atoms with Crippen LogP contribution in [-0.4, -0.2) is 6.54 Å². The van der Waals surface area contributed by atoms with Crippen LogP contribution in [-0.2, 0) is 0 Å². The highest BCUT2D eigenvalue weighted by molar-refractivity contribution is 5.82. The Morgan fingerprint density at radius 3 is 2.65 bits per heavy atom. The predicted molar refractivity (Wildman–Crippen MR) is 72.4 cm³/mol. The van der Waals surface area contributed by atoms with E-state index < -0.39 is 0 Å². The summed E-state index contributed by atoms with van der Waals surface area (Å²) in [5.41, 5.74) is 3.58. The number of nitrogens with one attached hydrogen (secondary N) is 1. The Labute approximate surface area is 103 Å². The minimum atomic E-state index is 0.326. The van der Waals surface area contributed by atoms with Gasteiger partial charge in [0.15, 0.2) is 0 Å². The lowest BCUT2D eigenvalue weighted by atomic mass is 10.1. The van der Waals surface area contributed by atoms with Crippen molar-refractivity contribution in [2.75, 3.05) is 6.54 Å². The minimum absolute atomic E-state index is 0.326. The third kappa shape index (κ3) is 2.22. The second-order valence-corrected chi connectivity index (χ2v) is 4.59. The molecule has 0 saturated carbocycles. The van der Waals surface area contributed by atoms with Gasteiger partial charge < -0.3 is 9.73 Å². The zero-order chi connectivity index (χ0) is 12.4. The van der Waals surface area contributed by atoms with E-state index in [0.29, 0.717) is 6.04 Å². The number of aryl methyl sites for hydroxylation is 2. The standard InChI is InChI=1S/C15H21NO/c1-5-13(16-6-2)14-9-12-8-7-10(3)11(4)15(12)17-14/h7-9,13,16H,5-6H2,1-4H3. The van der Waals surface area contributed by atoms with Gasteiger partial charge in [-0.25, -0.2) is 0 Å². The van der Waals surface area contributed by atoms with E-state index >= 15 is 0 Å². The highest BCUT2D eigenvalue weighted by Crippen LogP contribution is 2.29. The van der Waals surface area contributed by atoms with Crippen LogP contribution in [0.3, 0.4) is 0 Å². The van der Waals surface area contributed by atoms with Crippen molar-refractivity contribution in [2.45, 2.75) is 40.2 Å². The Bertz CT molecular complexity index is 513. The molecule has 2 rings (SSSR count). The Kier molecular flexibility index (Phi) is 3.53. The summed E-state index contributed by atoms with van der Waals surface area (Å²) in [6, 6.07) is 6.79. The van der Waals surface area contributed by atoms with Crippen molar-refractivity contribution in [1.82, 2.24) is 5.32 Å². The van der Waals surface area contributed by atoms with Crippen LogP contribution in [0.1, 0.15) is 43.2 Å². The molecule has 1 aromatic heterocycles. The molecule has 17 heavy (non-hydrogen) atoms. The predicted octanol–water partition coefficient (Wildman–Crippen LogP) is 4.11. The maximum Gasteiger partial charge on any atom is 0.137 e. The van der Waals surface area contributed by atoms with Crippen LogP contribution < -0.4 is 5.32 Å². The van der Waals surface area contributed by atoms with Crippen molar-refractivity contribution >= 4 is 11.0 Å². The fraction of sp³-hybridized carbons (Fsp3) is 0.467. The summed E-state index contributed by atoms with van der Waals surface area (Å²) in [4.78, 5) is 0. The average Bonchev–Trinajstić information content (AvgIpc) is 2.75. The third-order valence-electron chi connectivity index (χ3n) is 3.43.